The van der Waals surface area contributed by atoms with Crippen LogP contribution in [0.2, 0.25) is 0 Å². The molecule has 0 fully saturated rings. The van der Waals surface area contributed by atoms with Crippen molar-refractivity contribution in [1.29, 1.82) is 0 Å². The number of hydrogen-bond donors (Lipinski definition) is 0. The lowest BCUT2D eigenvalue weighted by atomic mass is 9.57. The fourth-order valence-electron chi connectivity index (χ4n) is 20.6. The Morgan fingerprint density at radius 2 is 0.490 bits per heavy atom. The number of anilines is 6. The van der Waals surface area contributed by atoms with E-state index in [0.29, 0.717) is 0 Å². The van der Waals surface area contributed by atoms with Gasteiger partial charge in [0.2, 0.25) is 0 Å². The third-order valence-corrected chi connectivity index (χ3v) is 27.6. The summed E-state index contributed by atoms with van der Waals surface area (Å²) < 4.78 is 5.30. The summed E-state index contributed by atoms with van der Waals surface area (Å²) in [4.78, 5) is 5.56. The van der Waals surface area contributed by atoms with Gasteiger partial charge in [0.15, 0.2) is 0 Å². The summed E-state index contributed by atoms with van der Waals surface area (Å²) in [7, 11) is 61.8. The molecular weight excluding hydrogens is 1230 g/mol. The van der Waals surface area contributed by atoms with E-state index in [1.54, 1.807) is 0 Å². The molecule has 4 heterocycles. The molecule has 0 atom stereocenters. The molecule has 4 aromatic heterocycles. The van der Waals surface area contributed by atoms with Crippen LogP contribution in [0.5, 0.6) is 0 Å². The van der Waals surface area contributed by atoms with Gasteiger partial charge in [-0.2, -0.15) is 0 Å². The van der Waals surface area contributed by atoms with Crippen molar-refractivity contribution in [3.63, 3.8) is 0 Å². The molecule has 0 spiro atoms. The van der Waals surface area contributed by atoms with Gasteiger partial charge in [-0.25, -0.2) is 0 Å². The van der Waals surface area contributed by atoms with Crippen molar-refractivity contribution in [1.82, 2.24) is 8.80 Å². The van der Waals surface area contributed by atoms with Crippen LogP contribution in [0.25, 0.3) is 98.4 Å². The minimum Gasteiger partial charge on any atom is -0.311 e. The van der Waals surface area contributed by atoms with E-state index in [2.05, 4.69) is 349 Å². The maximum atomic E-state index is 2.78. The summed E-state index contributed by atoms with van der Waals surface area (Å²) >= 11 is 0. The van der Waals surface area contributed by atoms with Gasteiger partial charge >= 0.3 is 0 Å². The number of aromatic nitrogens is 2. The van der Waals surface area contributed by atoms with Gasteiger partial charge in [0.1, 0.15) is 204 Å². The van der Waals surface area contributed by atoms with Crippen LogP contribution in [-0.4, -0.2) is 213 Å². The maximum Gasteiger partial charge on any atom is 0.141 e. The van der Waals surface area contributed by atoms with Crippen molar-refractivity contribution >= 4 is 456 Å². The van der Waals surface area contributed by atoms with E-state index in [1.807, 2.05) is 0 Å². The summed E-state index contributed by atoms with van der Waals surface area (Å²) in [5.74, 6) is 0. The van der Waals surface area contributed by atoms with Gasteiger partial charge < -0.3 is 18.6 Å². The zero-order valence-corrected chi connectivity index (χ0v) is 68.9. The first-order chi connectivity index (χ1) is 48.8. The van der Waals surface area contributed by atoms with E-state index in [9.17, 15) is 0 Å². The predicted molar refractivity (Wildman–Crippen MR) is 546 cm³/mol. The number of para-hydroxylation sites is 2. The second kappa shape index (κ2) is 24.4. The van der Waals surface area contributed by atoms with Gasteiger partial charge in [0, 0.05) is 65.8 Å². The molecule has 0 aliphatic rings. The summed E-state index contributed by atoms with van der Waals surface area (Å²) in [5.41, 5.74) is 58.1. The second-order valence-corrected chi connectivity index (χ2v) is 34.4. The van der Waals surface area contributed by atoms with Crippen LogP contribution in [0.1, 0.15) is 52.7 Å². The Hall–Kier alpha value is -7.69. The highest BCUT2D eigenvalue weighted by Crippen LogP contribution is 2.52. The minimum absolute atomic E-state index is 0.108. The highest BCUT2D eigenvalue weighted by atomic mass is 15.2. The van der Waals surface area contributed by atoms with Gasteiger partial charge in [0.05, 0.1) is 44.5 Å². The van der Waals surface area contributed by atoms with Crippen molar-refractivity contribution in [3.05, 3.63) is 96.1 Å². The molecule has 0 amide bonds. The van der Waals surface area contributed by atoms with Crippen LogP contribution >= 0.6 is 0 Å². The molecular formula is C74H84B26N4. The Bertz CT molecular complexity index is 5920. The van der Waals surface area contributed by atoms with Crippen LogP contribution in [-0.2, 0) is 10.8 Å². The summed E-state index contributed by atoms with van der Waals surface area (Å²) in [5, 5.41) is 10.1. The minimum atomic E-state index is -0.108. The van der Waals surface area contributed by atoms with Crippen LogP contribution in [0.4, 0.5) is 34.1 Å². The van der Waals surface area contributed by atoms with Crippen LogP contribution in [0, 0.1) is 0 Å². The Labute approximate surface area is 640 Å². The zero-order chi connectivity index (χ0) is 75.2. The van der Waals surface area contributed by atoms with E-state index < -0.39 is 0 Å². The molecule has 0 radical (unpaired) electrons. The van der Waals surface area contributed by atoms with Crippen molar-refractivity contribution < 1.29 is 0 Å². The van der Waals surface area contributed by atoms with Crippen molar-refractivity contribution in [2.24, 2.45) is 0 Å². The van der Waals surface area contributed by atoms with Crippen molar-refractivity contribution in [3.8, 4) is 22.3 Å². The third-order valence-electron chi connectivity index (χ3n) is 27.6. The molecule has 4 nitrogen and oxygen atoms in total. The summed E-state index contributed by atoms with van der Waals surface area (Å²) in [6.45, 7) is 14.5. The highest BCUT2D eigenvalue weighted by molar-refractivity contribution is 6.74. The topological polar surface area (TPSA) is 15.3 Å². The van der Waals surface area contributed by atoms with Crippen LogP contribution in [0.3, 0.4) is 0 Å². The van der Waals surface area contributed by atoms with E-state index in [4.69, 9.17) is 0 Å². The van der Waals surface area contributed by atoms with Gasteiger partial charge in [-0.3, -0.25) is 0 Å². The number of nitrogens with zero attached hydrogens (tertiary/aromatic N) is 4. The fourth-order valence-corrected chi connectivity index (χ4v) is 20.6. The number of fused-ring (bicyclic) bond motifs is 12. The Balaban J connectivity index is 1.09. The highest BCUT2D eigenvalue weighted by Gasteiger charge is 2.38. The molecule has 11 aromatic carbocycles. The Morgan fingerprint density at radius 1 is 0.231 bits per heavy atom. The monoisotopic (exact) mass is 1310 g/mol. The first-order valence-corrected chi connectivity index (χ1v) is 38.3. The standard InChI is InChI=1S/C74H84B26N4/c1-73(2,3)39-41(75)37(35-43(77)49(83)53(87)50(84)44(35)78)69(61(95)47(39)81)103(71-63(97)57(91)55(89)58(92)64(71)98)29-17-15-21-25-19-32-26(20-31(25)101-27-13-9-7-11-23(27)33(29)67(21)101)22-16-18-30(34-24-12-8-10-14-28(24)102(32)68(22)34)104(72-65(99)59(93)56(90)60(94)66(72)100)70-38(36-45(79)51(85)54(88)52(86)46(36)80)42(76)40(74(4,5)6)48(82)62(70)96/h7-20H,75-100H2,1-6H3. The van der Waals surface area contributed by atoms with E-state index in [0.717, 1.165) is 0 Å². The lowest BCUT2D eigenvalue weighted by molar-refractivity contribution is 0.598. The number of hydrogen-bond acceptors (Lipinski definition) is 2. The maximum absolute atomic E-state index is 2.78. The van der Waals surface area contributed by atoms with E-state index >= 15 is 0 Å². The van der Waals surface area contributed by atoms with Crippen LogP contribution < -0.4 is 152 Å². The fraction of sp³-hybridized carbons (Fsp3) is 0.108. The largest absolute Gasteiger partial charge is 0.311 e. The van der Waals surface area contributed by atoms with Gasteiger partial charge in [0.25, 0.3) is 0 Å². The molecule has 0 N–H and O–H groups in total. The second-order valence-electron chi connectivity index (χ2n) is 34.4. The first-order valence-electron chi connectivity index (χ1n) is 38.3. The Kier molecular flexibility index (Phi) is 16.9. The normalized spacial score (nSPS) is 12.4. The molecule has 0 unspecified atom stereocenters. The van der Waals surface area contributed by atoms with Gasteiger partial charge in [-0.1, -0.05) is 200 Å². The van der Waals surface area contributed by atoms with Gasteiger partial charge in [-0.05, 0) is 69.5 Å². The average molecular weight is 1310 g/mol. The molecule has 0 aliphatic carbocycles. The lowest BCUT2D eigenvalue weighted by Gasteiger charge is -2.39. The SMILES string of the molecule is Bc1c(B)c(B)c(-c2c(B)c(C(C)(C)C)c(B)c(B)c2N(c2c(B)c(B)c(B)c(B)c2B)c2ccc3c4cc5c(cc4n4c6ccccc6c2c34)c2ccc(N(c3c(B)c(B)c(B)c(B)c3B)c3c(B)c(B)c(C(C)(C)C)c(B)c3-c3c(B)c(B)c(B)c(B)c3B)c3c4ccccc4n5c23)c(B)c1B. The molecule has 15 aromatic rings. The molecule has 30 heteroatoms. The quantitative estimate of drug-likeness (QED) is 0.141. The number of benzene rings is 11. The lowest BCUT2D eigenvalue weighted by Crippen LogP contribution is -2.57. The Morgan fingerprint density at radius 3 is 0.779 bits per heavy atom. The van der Waals surface area contributed by atoms with E-state index in [-0.39, 0.29) is 10.8 Å². The summed E-state index contributed by atoms with van der Waals surface area (Å²) in [6, 6.07) is 33.8. The molecule has 104 heavy (non-hydrogen) atoms. The third kappa shape index (κ3) is 9.61. The molecule has 0 saturated carbocycles. The molecule has 478 valence electrons. The first kappa shape index (κ1) is 71.9. The molecule has 0 bridgehead atoms. The zero-order valence-electron chi connectivity index (χ0n) is 68.9. The summed E-state index contributed by atoms with van der Waals surface area (Å²) in [6.07, 6.45) is 0. The molecule has 15 rings (SSSR count). The van der Waals surface area contributed by atoms with Crippen LogP contribution in [0.15, 0.2) is 84.9 Å². The van der Waals surface area contributed by atoms with Crippen molar-refractivity contribution in [2.75, 3.05) is 9.80 Å². The van der Waals surface area contributed by atoms with Crippen molar-refractivity contribution in [2.45, 2.75) is 52.4 Å². The van der Waals surface area contributed by atoms with Gasteiger partial charge in [-0.15, -0.1) is 43.7 Å². The van der Waals surface area contributed by atoms with E-state index in [1.165, 1.54) is 286 Å². The smallest absolute Gasteiger partial charge is 0.141 e. The molecule has 0 aliphatic heterocycles. The molecule has 0 saturated heterocycles. The number of rotatable bonds is 8. The average Bonchev–Trinajstić information content (AvgIpc) is 1.45. The predicted octanol–water partition coefficient (Wildman–Crippen LogP) is -24.4.